The average molecular weight is 478 g/mol. The third-order valence-electron chi connectivity index (χ3n) is 4.17. The second kappa shape index (κ2) is 9.86. The molecule has 0 saturated heterocycles. The molecule has 3 N–H and O–H groups in total. The number of anilines is 3. The van der Waals surface area contributed by atoms with Gasteiger partial charge in [-0.3, -0.25) is 4.72 Å². The van der Waals surface area contributed by atoms with Crippen LogP contribution in [0.3, 0.4) is 0 Å². The van der Waals surface area contributed by atoms with Crippen LogP contribution in [0.1, 0.15) is 0 Å². The summed E-state index contributed by atoms with van der Waals surface area (Å²) in [5, 5.41) is 6.83. The topological polar surface area (TPSA) is 88.7 Å². The molecule has 0 bridgehead atoms. The van der Waals surface area contributed by atoms with Crippen LogP contribution in [0.4, 0.5) is 17.1 Å². The van der Waals surface area contributed by atoms with E-state index in [-0.39, 0.29) is 4.90 Å². The van der Waals surface area contributed by atoms with Gasteiger partial charge in [0, 0.05) is 16.4 Å². The fourth-order valence-corrected chi connectivity index (χ4v) is 4.11. The summed E-state index contributed by atoms with van der Waals surface area (Å²) in [5.41, 5.74) is 1.65. The summed E-state index contributed by atoms with van der Waals surface area (Å²) in [6, 6.07) is 17.9. The Labute approximate surface area is 191 Å². The van der Waals surface area contributed by atoms with E-state index in [2.05, 4.69) is 15.4 Å². The van der Waals surface area contributed by atoms with Crippen molar-refractivity contribution in [2.75, 3.05) is 29.6 Å². The number of rotatable bonds is 7. The van der Waals surface area contributed by atoms with Gasteiger partial charge in [0.05, 0.1) is 24.8 Å². The first-order chi connectivity index (χ1) is 14.8. The zero-order chi connectivity index (χ0) is 22.4. The molecule has 3 rings (SSSR count). The van der Waals surface area contributed by atoms with Crippen molar-refractivity contribution in [1.82, 2.24) is 0 Å². The first kappa shape index (κ1) is 22.7. The van der Waals surface area contributed by atoms with E-state index in [0.29, 0.717) is 38.7 Å². The number of hydrogen-bond donors (Lipinski definition) is 3. The fraction of sp³-hybridized carbons (Fsp3) is 0.0952. The molecule has 3 aromatic carbocycles. The molecule has 0 saturated carbocycles. The Morgan fingerprint density at radius 3 is 2.13 bits per heavy atom. The molecular weight excluding hydrogens is 458 g/mol. The van der Waals surface area contributed by atoms with Gasteiger partial charge in [-0.15, -0.1) is 0 Å². The lowest BCUT2D eigenvalue weighted by Gasteiger charge is -2.14. The molecule has 0 aliphatic heterocycles. The lowest BCUT2D eigenvalue weighted by molar-refractivity contribution is 0.415. The summed E-state index contributed by atoms with van der Waals surface area (Å²) in [5.74, 6) is 1.22. The number of hydrogen-bond acceptors (Lipinski definition) is 5. The number of halogens is 1. The van der Waals surface area contributed by atoms with Gasteiger partial charge < -0.3 is 20.1 Å². The SMILES string of the molecule is COc1ccc(NS(=O)(=O)c2ccc(NC(=S)Nc3cc(Cl)ccc3OC)cc2)cc1. The fourth-order valence-electron chi connectivity index (χ4n) is 2.65. The molecule has 162 valence electrons. The number of benzene rings is 3. The number of methoxy groups -OCH3 is 2. The van der Waals surface area contributed by atoms with E-state index in [4.69, 9.17) is 33.3 Å². The normalized spacial score (nSPS) is 10.8. The molecule has 7 nitrogen and oxygen atoms in total. The molecule has 0 spiro atoms. The minimum atomic E-state index is -3.74. The maximum atomic E-state index is 12.6. The Morgan fingerprint density at radius 2 is 1.52 bits per heavy atom. The molecule has 0 radical (unpaired) electrons. The number of thiocarbonyl (C=S) groups is 1. The number of sulfonamides is 1. The van der Waals surface area contributed by atoms with Crippen LogP contribution >= 0.6 is 23.8 Å². The van der Waals surface area contributed by atoms with Crippen molar-refractivity contribution >= 4 is 56.0 Å². The van der Waals surface area contributed by atoms with Gasteiger partial charge in [0.15, 0.2) is 5.11 Å². The van der Waals surface area contributed by atoms with Crippen LogP contribution in [0.5, 0.6) is 11.5 Å². The van der Waals surface area contributed by atoms with Crippen LogP contribution in [-0.4, -0.2) is 27.7 Å². The van der Waals surface area contributed by atoms with Crippen molar-refractivity contribution in [3.63, 3.8) is 0 Å². The smallest absolute Gasteiger partial charge is 0.261 e. The van der Waals surface area contributed by atoms with Crippen LogP contribution < -0.4 is 24.8 Å². The number of ether oxygens (including phenoxy) is 2. The van der Waals surface area contributed by atoms with E-state index in [1.165, 1.54) is 12.1 Å². The Balaban J connectivity index is 1.66. The monoisotopic (exact) mass is 477 g/mol. The van der Waals surface area contributed by atoms with Gasteiger partial charge in [-0.05, 0) is 78.9 Å². The zero-order valence-corrected chi connectivity index (χ0v) is 19.1. The van der Waals surface area contributed by atoms with Crippen LogP contribution in [-0.2, 0) is 10.0 Å². The highest BCUT2D eigenvalue weighted by Crippen LogP contribution is 2.28. The minimum absolute atomic E-state index is 0.115. The van der Waals surface area contributed by atoms with Gasteiger partial charge in [0.25, 0.3) is 10.0 Å². The molecule has 3 aromatic rings. The predicted octanol–water partition coefficient (Wildman–Crippen LogP) is 4.97. The molecule has 0 unspecified atom stereocenters. The number of nitrogens with one attached hydrogen (secondary N) is 3. The maximum Gasteiger partial charge on any atom is 0.261 e. The van der Waals surface area contributed by atoms with E-state index < -0.39 is 10.0 Å². The molecule has 0 amide bonds. The van der Waals surface area contributed by atoms with E-state index in [1.807, 2.05) is 0 Å². The van der Waals surface area contributed by atoms with Crippen LogP contribution in [0, 0.1) is 0 Å². The summed E-state index contributed by atoms with van der Waals surface area (Å²) in [6.07, 6.45) is 0. The molecule has 0 atom stereocenters. The molecule has 0 fully saturated rings. The van der Waals surface area contributed by atoms with Gasteiger partial charge in [-0.25, -0.2) is 8.42 Å². The summed E-state index contributed by atoms with van der Waals surface area (Å²) < 4.78 is 38.1. The summed E-state index contributed by atoms with van der Waals surface area (Å²) in [6.45, 7) is 0. The van der Waals surface area contributed by atoms with E-state index in [0.717, 1.165) is 0 Å². The molecular formula is C21H20ClN3O4S2. The van der Waals surface area contributed by atoms with Crippen molar-refractivity contribution < 1.29 is 17.9 Å². The quantitative estimate of drug-likeness (QED) is 0.414. The lowest BCUT2D eigenvalue weighted by atomic mass is 10.3. The van der Waals surface area contributed by atoms with E-state index in [9.17, 15) is 8.42 Å². The highest BCUT2D eigenvalue weighted by Gasteiger charge is 2.14. The standard InChI is InChI=1S/C21H20ClN3O4S2/c1-28-17-8-4-16(5-9-17)25-31(26,27)18-10-6-15(7-11-18)23-21(30)24-19-13-14(22)3-12-20(19)29-2/h3-13,25H,1-2H3,(H2,23,24,30). The minimum Gasteiger partial charge on any atom is -0.497 e. The maximum absolute atomic E-state index is 12.6. The second-order valence-electron chi connectivity index (χ2n) is 6.28. The van der Waals surface area contributed by atoms with Gasteiger partial charge in [0.1, 0.15) is 11.5 Å². The van der Waals surface area contributed by atoms with Crippen LogP contribution in [0.25, 0.3) is 0 Å². The summed E-state index contributed by atoms with van der Waals surface area (Å²) >= 11 is 11.3. The second-order valence-corrected chi connectivity index (χ2v) is 8.81. The first-order valence-electron chi connectivity index (χ1n) is 8.99. The summed E-state index contributed by atoms with van der Waals surface area (Å²) in [4.78, 5) is 0.115. The average Bonchev–Trinajstić information content (AvgIpc) is 2.74. The molecule has 0 aliphatic rings. The zero-order valence-electron chi connectivity index (χ0n) is 16.7. The van der Waals surface area contributed by atoms with Crippen molar-refractivity contribution in [2.45, 2.75) is 4.90 Å². The molecule has 10 heteroatoms. The Morgan fingerprint density at radius 1 is 0.871 bits per heavy atom. The van der Waals surface area contributed by atoms with Crippen LogP contribution in [0.2, 0.25) is 5.02 Å². The largest absolute Gasteiger partial charge is 0.497 e. The summed E-state index contributed by atoms with van der Waals surface area (Å²) in [7, 11) is -0.650. The van der Waals surface area contributed by atoms with Crippen molar-refractivity contribution in [2.24, 2.45) is 0 Å². The van der Waals surface area contributed by atoms with Gasteiger partial charge >= 0.3 is 0 Å². The first-order valence-corrected chi connectivity index (χ1v) is 11.3. The van der Waals surface area contributed by atoms with E-state index >= 15 is 0 Å². The predicted molar refractivity (Wildman–Crippen MR) is 128 cm³/mol. The lowest BCUT2D eigenvalue weighted by Crippen LogP contribution is -2.19. The Bertz CT molecular complexity index is 1170. The van der Waals surface area contributed by atoms with E-state index in [1.54, 1.807) is 68.8 Å². The molecule has 0 aliphatic carbocycles. The third kappa shape index (κ3) is 6.00. The van der Waals surface area contributed by atoms with Gasteiger partial charge in [-0.1, -0.05) is 11.6 Å². The van der Waals surface area contributed by atoms with Crippen LogP contribution in [0.15, 0.2) is 71.6 Å². The van der Waals surface area contributed by atoms with Crippen molar-refractivity contribution in [3.05, 3.63) is 71.8 Å². The van der Waals surface area contributed by atoms with Crippen molar-refractivity contribution in [3.8, 4) is 11.5 Å². The molecule has 0 heterocycles. The Hall–Kier alpha value is -3.01. The van der Waals surface area contributed by atoms with Gasteiger partial charge in [-0.2, -0.15) is 0 Å². The van der Waals surface area contributed by atoms with Gasteiger partial charge in [0.2, 0.25) is 0 Å². The highest BCUT2D eigenvalue weighted by atomic mass is 35.5. The van der Waals surface area contributed by atoms with Crippen molar-refractivity contribution in [1.29, 1.82) is 0 Å². The molecule has 0 aromatic heterocycles. The highest BCUT2D eigenvalue weighted by molar-refractivity contribution is 7.92. The Kier molecular flexibility index (Phi) is 7.21. The third-order valence-corrected chi connectivity index (χ3v) is 6.01. The molecule has 31 heavy (non-hydrogen) atoms.